The summed E-state index contributed by atoms with van der Waals surface area (Å²) in [5.74, 6) is 1.94. The van der Waals surface area contributed by atoms with Gasteiger partial charge in [0.2, 0.25) is 5.88 Å². The summed E-state index contributed by atoms with van der Waals surface area (Å²) in [4.78, 5) is 8.24. The van der Waals surface area contributed by atoms with Gasteiger partial charge in [-0.1, -0.05) is 11.8 Å². The zero-order valence-electron chi connectivity index (χ0n) is 6.96. The van der Waals surface area contributed by atoms with Gasteiger partial charge in [0, 0.05) is 17.8 Å². The van der Waals surface area contributed by atoms with E-state index >= 15 is 0 Å². The highest BCUT2D eigenvalue weighted by molar-refractivity contribution is 9.10. The molecule has 1 aromatic heterocycles. The van der Waals surface area contributed by atoms with E-state index < -0.39 is 0 Å². The zero-order chi connectivity index (χ0) is 9.68. The SMILES string of the molecule is COc1nc(SCCCl)ncc1Br. The number of hydrogen-bond acceptors (Lipinski definition) is 4. The summed E-state index contributed by atoms with van der Waals surface area (Å²) in [6, 6.07) is 0. The standard InChI is InChI=1S/C7H8BrClN2OS/c1-12-6-5(8)4-10-7(11-6)13-3-2-9/h4H,2-3H2,1H3. The molecular formula is C7H8BrClN2OS. The molecule has 0 saturated heterocycles. The van der Waals surface area contributed by atoms with Gasteiger partial charge in [0.05, 0.1) is 11.6 Å². The van der Waals surface area contributed by atoms with E-state index in [1.165, 1.54) is 11.8 Å². The van der Waals surface area contributed by atoms with Crippen LogP contribution in [-0.2, 0) is 0 Å². The van der Waals surface area contributed by atoms with Gasteiger partial charge in [-0.2, -0.15) is 4.98 Å². The van der Waals surface area contributed by atoms with Gasteiger partial charge >= 0.3 is 0 Å². The quantitative estimate of drug-likeness (QED) is 0.483. The maximum Gasteiger partial charge on any atom is 0.231 e. The summed E-state index contributed by atoms with van der Waals surface area (Å²) >= 11 is 10.3. The molecule has 0 aliphatic rings. The molecule has 6 heteroatoms. The third-order valence-electron chi connectivity index (χ3n) is 1.19. The first-order valence-electron chi connectivity index (χ1n) is 3.53. The molecule has 0 unspecified atom stereocenters. The Hall–Kier alpha value is -0.000000000000000111. The highest BCUT2D eigenvalue weighted by atomic mass is 79.9. The summed E-state index contributed by atoms with van der Waals surface area (Å²) in [6.07, 6.45) is 1.67. The lowest BCUT2D eigenvalue weighted by Crippen LogP contribution is -1.94. The maximum atomic E-state index is 5.54. The Morgan fingerprint density at radius 3 is 3.08 bits per heavy atom. The first-order valence-corrected chi connectivity index (χ1v) is 5.84. The number of methoxy groups -OCH3 is 1. The second-order valence-electron chi connectivity index (χ2n) is 2.05. The Bertz CT molecular complexity index is 287. The van der Waals surface area contributed by atoms with Crippen molar-refractivity contribution in [2.45, 2.75) is 5.16 Å². The number of nitrogens with zero attached hydrogens (tertiary/aromatic N) is 2. The van der Waals surface area contributed by atoms with Crippen molar-refractivity contribution < 1.29 is 4.74 Å². The Kier molecular flexibility index (Phi) is 4.83. The first-order chi connectivity index (χ1) is 6.27. The number of thioether (sulfide) groups is 1. The lowest BCUT2D eigenvalue weighted by molar-refractivity contribution is 0.389. The van der Waals surface area contributed by atoms with E-state index in [4.69, 9.17) is 16.3 Å². The van der Waals surface area contributed by atoms with Crippen LogP contribution in [-0.4, -0.2) is 28.7 Å². The fourth-order valence-corrected chi connectivity index (χ4v) is 1.80. The van der Waals surface area contributed by atoms with E-state index in [2.05, 4.69) is 25.9 Å². The normalized spacial score (nSPS) is 10.1. The Labute approximate surface area is 94.4 Å². The molecule has 0 N–H and O–H groups in total. The Morgan fingerprint density at radius 2 is 2.46 bits per heavy atom. The monoisotopic (exact) mass is 282 g/mol. The van der Waals surface area contributed by atoms with Crippen LogP contribution in [0.4, 0.5) is 0 Å². The van der Waals surface area contributed by atoms with E-state index in [1.807, 2.05) is 0 Å². The van der Waals surface area contributed by atoms with Crippen LogP contribution >= 0.6 is 39.3 Å². The van der Waals surface area contributed by atoms with Crippen molar-refractivity contribution >= 4 is 39.3 Å². The predicted molar refractivity (Wildman–Crippen MR) is 57.7 cm³/mol. The molecule has 1 rings (SSSR count). The van der Waals surface area contributed by atoms with E-state index in [0.717, 1.165) is 10.2 Å². The number of alkyl halides is 1. The van der Waals surface area contributed by atoms with E-state index in [1.54, 1.807) is 13.3 Å². The van der Waals surface area contributed by atoms with E-state index in [-0.39, 0.29) is 0 Å². The van der Waals surface area contributed by atoms with E-state index in [0.29, 0.717) is 16.9 Å². The van der Waals surface area contributed by atoms with Crippen LogP contribution in [0.15, 0.2) is 15.8 Å². The second kappa shape index (κ2) is 5.67. The number of rotatable bonds is 4. The highest BCUT2D eigenvalue weighted by Gasteiger charge is 2.04. The van der Waals surface area contributed by atoms with Crippen LogP contribution < -0.4 is 4.74 Å². The third kappa shape index (κ3) is 3.32. The van der Waals surface area contributed by atoms with Crippen molar-refractivity contribution in [1.29, 1.82) is 0 Å². The smallest absolute Gasteiger partial charge is 0.231 e. The molecule has 0 saturated carbocycles. The highest BCUT2D eigenvalue weighted by Crippen LogP contribution is 2.23. The van der Waals surface area contributed by atoms with Crippen molar-refractivity contribution in [3.8, 4) is 5.88 Å². The molecule has 1 heterocycles. The third-order valence-corrected chi connectivity index (χ3v) is 3.01. The molecule has 1 aromatic rings. The summed E-state index contributed by atoms with van der Waals surface area (Å²) in [7, 11) is 1.57. The maximum absolute atomic E-state index is 5.54. The molecular weight excluding hydrogens is 276 g/mol. The van der Waals surface area contributed by atoms with Crippen LogP contribution in [0.3, 0.4) is 0 Å². The second-order valence-corrected chi connectivity index (χ2v) is 4.34. The molecule has 0 spiro atoms. The lowest BCUT2D eigenvalue weighted by atomic mass is 10.6. The van der Waals surface area contributed by atoms with Gasteiger partial charge < -0.3 is 4.74 Å². The van der Waals surface area contributed by atoms with Gasteiger partial charge in [-0.05, 0) is 15.9 Å². The van der Waals surface area contributed by atoms with Gasteiger partial charge in [-0.15, -0.1) is 11.6 Å². The minimum atomic E-state index is 0.548. The molecule has 0 radical (unpaired) electrons. The molecule has 72 valence electrons. The van der Waals surface area contributed by atoms with E-state index in [9.17, 15) is 0 Å². The molecule has 3 nitrogen and oxygen atoms in total. The van der Waals surface area contributed by atoms with Gasteiger partial charge in [0.15, 0.2) is 5.16 Å². The topological polar surface area (TPSA) is 35.0 Å². The average Bonchev–Trinajstić information content (AvgIpc) is 2.16. The number of ether oxygens (including phenoxy) is 1. The van der Waals surface area contributed by atoms with Gasteiger partial charge in [-0.3, -0.25) is 0 Å². The number of halogens is 2. The van der Waals surface area contributed by atoms with Gasteiger partial charge in [-0.25, -0.2) is 4.98 Å². The summed E-state index contributed by atoms with van der Waals surface area (Å²) < 4.78 is 5.78. The molecule has 0 atom stereocenters. The van der Waals surface area contributed by atoms with Crippen molar-refractivity contribution in [2.75, 3.05) is 18.7 Å². The molecule has 0 fully saturated rings. The van der Waals surface area contributed by atoms with Gasteiger partial charge in [0.25, 0.3) is 0 Å². The minimum Gasteiger partial charge on any atom is -0.480 e. The van der Waals surface area contributed by atoms with Gasteiger partial charge in [0.1, 0.15) is 0 Å². The zero-order valence-corrected chi connectivity index (χ0v) is 10.1. The first kappa shape index (κ1) is 11.1. The molecule has 0 aliphatic heterocycles. The summed E-state index contributed by atoms with van der Waals surface area (Å²) in [5, 5.41) is 0.681. The Balaban J connectivity index is 2.74. The predicted octanol–water partition coefficient (Wildman–Crippen LogP) is 2.58. The fraction of sp³-hybridized carbons (Fsp3) is 0.429. The van der Waals surface area contributed by atoms with Crippen LogP contribution in [0.1, 0.15) is 0 Å². The summed E-state index contributed by atoms with van der Waals surface area (Å²) in [6.45, 7) is 0. The van der Waals surface area contributed by atoms with Crippen LogP contribution in [0, 0.1) is 0 Å². The van der Waals surface area contributed by atoms with Crippen molar-refractivity contribution in [1.82, 2.24) is 9.97 Å². The largest absolute Gasteiger partial charge is 0.480 e. The van der Waals surface area contributed by atoms with Crippen LogP contribution in [0.2, 0.25) is 0 Å². The summed E-state index contributed by atoms with van der Waals surface area (Å²) in [5.41, 5.74) is 0. The molecule has 0 aliphatic carbocycles. The molecule has 0 amide bonds. The van der Waals surface area contributed by atoms with Crippen molar-refractivity contribution in [3.05, 3.63) is 10.7 Å². The van der Waals surface area contributed by atoms with Crippen molar-refractivity contribution in [2.24, 2.45) is 0 Å². The van der Waals surface area contributed by atoms with Crippen LogP contribution in [0.25, 0.3) is 0 Å². The average molecular weight is 284 g/mol. The lowest BCUT2D eigenvalue weighted by Gasteiger charge is -2.02. The molecule has 0 aromatic carbocycles. The minimum absolute atomic E-state index is 0.548. The Morgan fingerprint density at radius 1 is 1.69 bits per heavy atom. The number of hydrogen-bond donors (Lipinski definition) is 0. The number of aromatic nitrogens is 2. The molecule has 13 heavy (non-hydrogen) atoms. The fourth-order valence-electron chi connectivity index (χ4n) is 0.679. The van der Waals surface area contributed by atoms with Crippen molar-refractivity contribution in [3.63, 3.8) is 0 Å². The molecule has 0 bridgehead atoms. The van der Waals surface area contributed by atoms with Crippen LogP contribution in [0.5, 0.6) is 5.88 Å².